The van der Waals surface area contributed by atoms with E-state index in [9.17, 15) is 9.59 Å². The molecule has 2 aliphatic rings. The van der Waals surface area contributed by atoms with Gasteiger partial charge in [-0.2, -0.15) is 0 Å². The Labute approximate surface area is 133 Å². The summed E-state index contributed by atoms with van der Waals surface area (Å²) in [5.41, 5.74) is 0.409. The maximum absolute atomic E-state index is 13.0. The fourth-order valence-electron chi connectivity index (χ4n) is 4.06. The molecule has 116 valence electrons. The average molecular weight is 296 g/mol. The van der Waals surface area contributed by atoms with Crippen molar-refractivity contribution in [2.75, 3.05) is 0 Å². The topological polar surface area (TPSA) is 34.1 Å². The van der Waals surface area contributed by atoms with E-state index < -0.39 is 10.8 Å². The molecule has 0 aromatic carbocycles. The van der Waals surface area contributed by atoms with Crippen molar-refractivity contribution in [2.24, 2.45) is 10.8 Å². The van der Waals surface area contributed by atoms with Crippen molar-refractivity contribution < 1.29 is 9.59 Å². The first kappa shape index (κ1) is 16.4. The number of ketones is 2. The fraction of sp³-hybridized carbons (Fsp3) is 0.400. The Morgan fingerprint density at radius 2 is 0.955 bits per heavy atom. The van der Waals surface area contributed by atoms with Gasteiger partial charge in [-0.3, -0.25) is 9.59 Å². The third-order valence-electron chi connectivity index (χ3n) is 5.05. The van der Waals surface area contributed by atoms with E-state index >= 15 is 0 Å². The average Bonchev–Trinajstić information content (AvgIpc) is 2.87. The van der Waals surface area contributed by atoms with E-state index in [1.165, 1.54) is 0 Å². The number of Topliss-reactive ketones (excluding diaryl/α,β-unsaturated/α-hetero) is 2. The molecule has 22 heavy (non-hydrogen) atoms. The van der Waals surface area contributed by atoms with Crippen LogP contribution < -0.4 is 0 Å². The highest BCUT2D eigenvalue weighted by Crippen LogP contribution is 2.55. The minimum atomic E-state index is -0.529. The van der Waals surface area contributed by atoms with Gasteiger partial charge in [0.05, 0.1) is 0 Å². The Hall–Kier alpha value is -1.96. The van der Waals surface area contributed by atoms with Crippen molar-refractivity contribution in [3.63, 3.8) is 0 Å². The number of hydrogen-bond donors (Lipinski definition) is 0. The third kappa shape index (κ3) is 2.27. The molecule has 0 N–H and O–H groups in total. The maximum atomic E-state index is 13.0. The number of carbonyl (C=O) groups is 2. The zero-order valence-corrected chi connectivity index (χ0v) is 13.2. The van der Waals surface area contributed by atoms with Crippen LogP contribution in [0, 0.1) is 10.8 Å². The Bertz CT molecular complexity index is 517. The first-order chi connectivity index (χ1) is 10.5. The van der Waals surface area contributed by atoms with E-state index in [-0.39, 0.29) is 11.6 Å². The van der Waals surface area contributed by atoms with Crippen LogP contribution in [0.5, 0.6) is 0 Å². The van der Waals surface area contributed by atoms with Crippen LogP contribution in [-0.2, 0) is 9.59 Å². The lowest BCUT2D eigenvalue weighted by Crippen LogP contribution is -2.33. The van der Waals surface area contributed by atoms with Crippen LogP contribution in [0.15, 0.2) is 61.8 Å². The third-order valence-corrected chi connectivity index (χ3v) is 5.05. The van der Waals surface area contributed by atoms with E-state index in [0.29, 0.717) is 38.5 Å². The van der Waals surface area contributed by atoms with E-state index in [2.05, 4.69) is 26.3 Å². The van der Waals surface area contributed by atoms with Crippen LogP contribution in [0.4, 0.5) is 0 Å². The van der Waals surface area contributed by atoms with Gasteiger partial charge in [-0.05, 0) is 38.5 Å². The first-order valence-corrected chi connectivity index (χ1v) is 7.75. The second-order valence-corrected chi connectivity index (χ2v) is 6.50. The fourth-order valence-corrected chi connectivity index (χ4v) is 4.06. The van der Waals surface area contributed by atoms with Crippen LogP contribution in [0.1, 0.15) is 38.5 Å². The molecular weight excluding hydrogens is 272 g/mol. The summed E-state index contributed by atoms with van der Waals surface area (Å²) >= 11 is 0. The first-order valence-electron chi connectivity index (χ1n) is 7.75. The Balaban J connectivity index is 2.37. The minimum Gasteiger partial charge on any atom is -0.294 e. The predicted molar refractivity (Wildman–Crippen MR) is 90.4 cm³/mol. The zero-order valence-electron chi connectivity index (χ0n) is 13.2. The van der Waals surface area contributed by atoms with Gasteiger partial charge in [0.2, 0.25) is 0 Å². The van der Waals surface area contributed by atoms with Crippen molar-refractivity contribution >= 4 is 11.6 Å². The number of carbonyl (C=O) groups excluding carboxylic acids is 2. The van der Waals surface area contributed by atoms with Crippen LogP contribution in [0.3, 0.4) is 0 Å². The molecule has 0 aliphatic heterocycles. The van der Waals surface area contributed by atoms with E-state index in [4.69, 9.17) is 0 Å². The van der Waals surface area contributed by atoms with Crippen molar-refractivity contribution in [2.45, 2.75) is 38.5 Å². The van der Waals surface area contributed by atoms with Gasteiger partial charge in [0, 0.05) is 22.0 Å². The quantitative estimate of drug-likeness (QED) is 0.618. The van der Waals surface area contributed by atoms with Gasteiger partial charge in [-0.25, -0.2) is 0 Å². The van der Waals surface area contributed by atoms with Crippen LogP contribution in [0.25, 0.3) is 0 Å². The molecule has 0 bridgehead atoms. The molecule has 0 fully saturated rings. The van der Waals surface area contributed by atoms with Crippen LogP contribution in [-0.4, -0.2) is 11.6 Å². The number of allylic oxidation sites excluding steroid dienone is 6. The summed E-state index contributed by atoms with van der Waals surface area (Å²) in [5, 5.41) is 0. The van der Waals surface area contributed by atoms with Gasteiger partial charge >= 0.3 is 0 Å². The molecule has 0 saturated carbocycles. The van der Waals surface area contributed by atoms with Crippen LogP contribution >= 0.6 is 0 Å². The normalized spacial score (nSPS) is 21.6. The number of rotatable bonds is 8. The summed E-state index contributed by atoms with van der Waals surface area (Å²) in [7, 11) is 0. The summed E-state index contributed by atoms with van der Waals surface area (Å²) < 4.78 is 0. The molecule has 0 unspecified atom stereocenters. The Kier molecular flexibility index (Phi) is 4.50. The molecular formula is C20H24O2. The summed E-state index contributed by atoms with van der Waals surface area (Å²) in [6.45, 7) is 15.1. The SMILES string of the molecule is C=CCC1(CC=C)CC2=C(CC(CC=C)(CC=C)C2=O)C1=O. The predicted octanol–water partition coefficient (Wildman–Crippen LogP) is 4.51. The molecule has 0 amide bonds. The van der Waals surface area contributed by atoms with Crippen molar-refractivity contribution in [3.8, 4) is 0 Å². The standard InChI is InChI=1S/C20H24O2/c1-5-9-19(10-6-2)13-15-16(17(19)21)14-20(11-7-3,12-8-4)18(15)22/h5-8H,1-4,9-14H2. The summed E-state index contributed by atoms with van der Waals surface area (Å²) in [6, 6.07) is 0. The highest BCUT2D eigenvalue weighted by Gasteiger charge is 2.55. The summed E-state index contributed by atoms with van der Waals surface area (Å²) in [5.74, 6) is 0.233. The molecule has 0 aromatic rings. The zero-order chi connectivity index (χ0) is 16.4. The highest BCUT2D eigenvalue weighted by molar-refractivity contribution is 6.17. The largest absolute Gasteiger partial charge is 0.294 e. The van der Waals surface area contributed by atoms with E-state index in [1.54, 1.807) is 24.3 Å². The molecule has 2 heteroatoms. The van der Waals surface area contributed by atoms with Crippen molar-refractivity contribution in [3.05, 3.63) is 61.8 Å². The lowest BCUT2D eigenvalue weighted by Gasteiger charge is -2.31. The monoisotopic (exact) mass is 296 g/mol. The molecule has 0 aromatic heterocycles. The van der Waals surface area contributed by atoms with E-state index in [1.807, 2.05) is 0 Å². The smallest absolute Gasteiger partial charge is 0.166 e. The highest BCUT2D eigenvalue weighted by atomic mass is 16.1. The van der Waals surface area contributed by atoms with Crippen LogP contribution in [0.2, 0.25) is 0 Å². The molecule has 0 radical (unpaired) electrons. The second-order valence-electron chi connectivity index (χ2n) is 6.50. The van der Waals surface area contributed by atoms with Gasteiger partial charge < -0.3 is 0 Å². The van der Waals surface area contributed by atoms with Gasteiger partial charge in [-0.1, -0.05) is 24.3 Å². The lowest BCUT2D eigenvalue weighted by atomic mass is 9.69. The minimum absolute atomic E-state index is 0.116. The van der Waals surface area contributed by atoms with Gasteiger partial charge in [0.15, 0.2) is 11.6 Å². The van der Waals surface area contributed by atoms with Gasteiger partial charge in [0.25, 0.3) is 0 Å². The number of hydrogen-bond acceptors (Lipinski definition) is 2. The molecule has 2 nitrogen and oxygen atoms in total. The second kappa shape index (κ2) is 6.04. The molecule has 0 atom stereocenters. The molecule has 0 saturated heterocycles. The van der Waals surface area contributed by atoms with Gasteiger partial charge in [-0.15, -0.1) is 26.3 Å². The van der Waals surface area contributed by atoms with Crippen molar-refractivity contribution in [1.29, 1.82) is 0 Å². The molecule has 0 spiro atoms. The van der Waals surface area contributed by atoms with Crippen molar-refractivity contribution in [1.82, 2.24) is 0 Å². The summed E-state index contributed by atoms with van der Waals surface area (Å²) in [6.07, 6.45) is 10.5. The van der Waals surface area contributed by atoms with Gasteiger partial charge in [0.1, 0.15) is 0 Å². The summed E-state index contributed by atoms with van der Waals surface area (Å²) in [4.78, 5) is 25.9. The maximum Gasteiger partial charge on any atom is 0.166 e. The molecule has 2 aliphatic carbocycles. The van der Waals surface area contributed by atoms with E-state index in [0.717, 1.165) is 11.1 Å². The lowest BCUT2D eigenvalue weighted by molar-refractivity contribution is -0.126. The Morgan fingerprint density at radius 3 is 1.18 bits per heavy atom. The molecule has 2 rings (SSSR count). The molecule has 0 heterocycles. The Morgan fingerprint density at radius 1 is 0.682 bits per heavy atom.